The number of benzene rings is 1. The molecule has 0 saturated carbocycles. The lowest BCUT2D eigenvalue weighted by molar-refractivity contribution is -0.00360. The van der Waals surface area contributed by atoms with E-state index < -0.39 is 6.09 Å². The van der Waals surface area contributed by atoms with Crippen LogP contribution in [0.4, 0.5) is 4.79 Å². The molecule has 17 heavy (non-hydrogen) atoms. The number of alkyl carbamates (subject to hydrolysis) is 1. The van der Waals surface area contributed by atoms with Crippen LogP contribution in [0.1, 0.15) is 17.2 Å². The Kier molecular flexibility index (Phi) is 4.02. The minimum atomic E-state index is -0.433. The number of hydrogen-bond donors (Lipinski definition) is 1. The van der Waals surface area contributed by atoms with Crippen molar-refractivity contribution in [2.75, 3.05) is 20.3 Å². The number of carbonyl (C=O) groups is 1. The summed E-state index contributed by atoms with van der Waals surface area (Å²) in [5.74, 6) is 0. The number of ether oxygens (including phenoxy) is 2. The van der Waals surface area contributed by atoms with E-state index in [1.807, 2.05) is 12.1 Å². The van der Waals surface area contributed by atoms with Crippen molar-refractivity contribution >= 4 is 22.0 Å². The number of rotatable bonds is 2. The highest BCUT2D eigenvalue weighted by molar-refractivity contribution is 9.10. The summed E-state index contributed by atoms with van der Waals surface area (Å²) in [6.07, 6.45) is 0.299. The number of nitrogens with one attached hydrogen (secondary N) is 1. The second-order valence-electron chi connectivity index (χ2n) is 3.80. The zero-order valence-corrected chi connectivity index (χ0v) is 11.1. The second kappa shape index (κ2) is 5.51. The molecule has 0 bridgehead atoms. The van der Waals surface area contributed by atoms with Gasteiger partial charge in [0.1, 0.15) is 12.7 Å². The lowest BCUT2D eigenvalue weighted by Crippen LogP contribution is -2.25. The topological polar surface area (TPSA) is 47.6 Å². The molecule has 1 heterocycles. The molecular weight excluding hydrogens is 286 g/mol. The molecule has 1 amide bonds. The van der Waals surface area contributed by atoms with E-state index in [1.165, 1.54) is 12.6 Å². The van der Waals surface area contributed by atoms with Gasteiger partial charge in [0.15, 0.2) is 0 Å². The summed E-state index contributed by atoms with van der Waals surface area (Å²) in [6.45, 7) is 0.902. The summed E-state index contributed by atoms with van der Waals surface area (Å²) in [6, 6.07) is 6.07. The Bertz CT molecular complexity index is 422. The van der Waals surface area contributed by atoms with Crippen LogP contribution in [0.15, 0.2) is 22.7 Å². The van der Waals surface area contributed by atoms with Gasteiger partial charge in [-0.05, 0) is 29.7 Å². The third-order valence-electron chi connectivity index (χ3n) is 2.71. The minimum Gasteiger partial charge on any atom is -0.446 e. The lowest BCUT2D eigenvalue weighted by atomic mass is 9.98. The third-order valence-corrected chi connectivity index (χ3v) is 3.21. The first-order valence-corrected chi connectivity index (χ1v) is 6.24. The Morgan fingerprint density at radius 3 is 3.24 bits per heavy atom. The van der Waals surface area contributed by atoms with Crippen LogP contribution in [0.5, 0.6) is 0 Å². The number of hydrogen-bond acceptors (Lipinski definition) is 3. The molecule has 0 saturated heterocycles. The molecule has 0 aromatic heterocycles. The first-order chi connectivity index (χ1) is 8.20. The van der Waals surface area contributed by atoms with Crippen LogP contribution in [0.25, 0.3) is 0 Å². The minimum absolute atomic E-state index is 0.163. The van der Waals surface area contributed by atoms with Gasteiger partial charge in [0.05, 0.1) is 6.61 Å². The average molecular weight is 300 g/mol. The van der Waals surface area contributed by atoms with Gasteiger partial charge in [-0.2, -0.15) is 0 Å². The van der Waals surface area contributed by atoms with E-state index in [-0.39, 0.29) is 12.7 Å². The van der Waals surface area contributed by atoms with E-state index in [4.69, 9.17) is 9.47 Å². The van der Waals surface area contributed by atoms with Crippen molar-refractivity contribution in [3.05, 3.63) is 33.8 Å². The van der Waals surface area contributed by atoms with Gasteiger partial charge in [-0.1, -0.05) is 22.0 Å². The predicted octanol–water partition coefficient (Wildman–Crippen LogP) is 2.42. The molecule has 5 heteroatoms. The first-order valence-electron chi connectivity index (χ1n) is 5.45. The molecule has 1 unspecified atom stereocenters. The molecule has 1 aliphatic heterocycles. The number of amides is 1. The molecule has 2 rings (SSSR count). The van der Waals surface area contributed by atoms with E-state index in [0.717, 1.165) is 16.5 Å². The van der Waals surface area contributed by atoms with Crippen molar-refractivity contribution in [1.29, 1.82) is 0 Å². The van der Waals surface area contributed by atoms with Crippen LogP contribution < -0.4 is 5.32 Å². The van der Waals surface area contributed by atoms with Gasteiger partial charge >= 0.3 is 6.09 Å². The normalized spacial score (nSPS) is 18.4. The van der Waals surface area contributed by atoms with Crippen LogP contribution in [0.2, 0.25) is 0 Å². The molecule has 92 valence electrons. The summed E-state index contributed by atoms with van der Waals surface area (Å²) in [5, 5.41) is 2.41. The summed E-state index contributed by atoms with van der Waals surface area (Å²) in [5.41, 5.74) is 2.35. The summed E-state index contributed by atoms with van der Waals surface area (Å²) in [4.78, 5) is 11.0. The van der Waals surface area contributed by atoms with Crippen LogP contribution >= 0.6 is 15.9 Å². The standard InChI is InChI=1S/C12H14BrNO3/c1-14-12(15)17-7-11-10-3-2-9(13)6-8(10)4-5-16-11/h2-3,6,11H,4-5,7H2,1H3,(H,14,15). The molecule has 0 aliphatic carbocycles. The van der Waals surface area contributed by atoms with E-state index in [9.17, 15) is 4.79 Å². The lowest BCUT2D eigenvalue weighted by Gasteiger charge is -2.25. The molecule has 4 nitrogen and oxygen atoms in total. The number of fused-ring (bicyclic) bond motifs is 1. The van der Waals surface area contributed by atoms with Gasteiger partial charge in [0, 0.05) is 11.5 Å². The Labute approximate surface area is 108 Å². The van der Waals surface area contributed by atoms with Gasteiger partial charge in [-0.15, -0.1) is 0 Å². The van der Waals surface area contributed by atoms with Crippen molar-refractivity contribution in [2.45, 2.75) is 12.5 Å². The van der Waals surface area contributed by atoms with Crippen LogP contribution in [-0.4, -0.2) is 26.4 Å². The Morgan fingerprint density at radius 2 is 2.47 bits per heavy atom. The second-order valence-corrected chi connectivity index (χ2v) is 4.72. The van der Waals surface area contributed by atoms with Gasteiger partial charge in [0.25, 0.3) is 0 Å². The highest BCUT2D eigenvalue weighted by Crippen LogP contribution is 2.29. The zero-order valence-electron chi connectivity index (χ0n) is 9.53. The summed E-state index contributed by atoms with van der Waals surface area (Å²) in [7, 11) is 1.54. The van der Waals surface area contributed by atoms with Crippen LogP contribution in [0.3, 0.4) is 0 Å². The number of carbonyl (C=O) groups excluding carboxylic acids is 1. The largest absolute Gasteiger partial charge is 0.446 e. The molecule has 1 atom stereocenters. The monoisotopic (exact) mass is 299 g/mol. The van der Waals surface area contributed by atoms with Crippen molar-refractivity contribution in [3.8, 4) is 0 Å². The number of halogens is 1. The van der Waals surface area contributed by atoms with Gasteiger partial charge in [-0.25, -0.2) is 4.79 Å². The molecule has 0 fully saturated rings. The van der Waals surface area contributed by atoms with Crippen molar-refractivity contribution in [3.63, 3.8) is 0 Å². The van der Waals surface area contributed by atoms with Gasteiger partial charge in [-0.3, -0.25) is 0 Å². The Hall–Kier alpha value is -1.07. The van der Waals surface area contributed by atoms with Crippen LogP contribution in [0, 0.1) is 0 Å². The van der Waals surface area contributed by atoms with Crippen LogP contribution in [-0.2, 0) is 15.9 Å². The molecule has 0 spiro atoms. The SMILES string of the molecule is CNC(=O)OCC1OCCc2cc(Br)ccc21. The van der Waals surface area contributed by atoms with E-state index in [2.05, 4.69) is 27.3 Å². The first kappa shape index (κ1) is 12.4. The smallest absolute Gasteiger partial charge is 0.406 e. The molecule has 1 aromatic rings. The summed E-state index contributed by atoms with van der Waals surface area (Å²) < 4.78 is 11.7. The molecule has 0 radical (unpaired) electrons. The fourth-order valence-corrected chi connectivity index (χ4v) is 2.28. The maximum Gasteiger partial charge on any atom is 0.406 e. The fraction of sp³-hybridized carbons (Fsp3) is 0.417. The van der Waals surface area contributed by atoms with Gasteiger partial charge in [0.2, 0.25) is 0 Å². The summed E-state index contributed by atoms with van der Waals surface area (Å²) >= 11 is 3.45. The van der Waals surface area contributed by atoms with Crippen molar-refractivity contribution in [1.82, 2.24) is 5.32 Å². The van der Waals surface area contributed by atoms with Crippen molar-refractivity contribution in [2.24, 2.45) is 0 Å². The molecular formula is C12H14BrNO3. The third kappa shape index (κ3) is 2.98. The van der Waals surface area contributed by atoms with E-state index >= 15 is 0 Å². The Balaban J connectivity index is 2.09. The highest BCUT2D eigenvalue weighted by Gasteiger charge is 2.22. The van der Waals surface area contributed by atoms with E-state index in [0.29, 0.717) is 6.61 Å². The quantitative estimate of drug-likeness (QED) is 0.912. The van der Waals surface area contributed by atoms with Gasteiger partial charge < -0.3 is 14.8 Å². The highest BCUT2D eigenvalue weighted by atomic mass is 79.9. The fourth-order valence-electron chi connectivity index (χ4n) is 1.87. The van der Waals surface area contributed by atoms with E-state index in [1.54, 1.807) is 0 Å². The molecule has 1 N–H and O–H groups in total. The molecule has 1 aromatic carbocycles. The zero-order chi connectivity index (χ0) is 12.3. The van der Waals surface area contributed by atoms with Crippen molar-refractivity contribution < 1.29 is 14.3 Å². The maximum absolute atomic E-state index is 11.0. The maximum atomic E-state index is 11.0. The average Bonchev–Trinajstić information content (AvgIpc) is 2.35. The Morgan fingerprint density at radius 1 is 1.65 bits per heavy atom. The molecule has 1 aliphatic rings. The predicted molar refractivity (Wildman–Crippen MR) is 66.9 cm³/mol.